The number of aliphatic hydroxyl groups is 3. The highest BCUT2D eigenvalue weighted by atomic mass is 19.1. The van der Waals surface area contributed by atoms with Crippen molar-refractivity contribution in [3.8, 4) is 0 Å². The molecule has 0 bridgehead atoms. The van der Waals surface area contributed by atoms with Gasteiger partial charge in [0.25, 0.3) is 0 Å². The molecule has 3 N–H and O–H groups in total. The number of ether oxygens (including phenoxy) is 1. The van der Waals surface area contributed by atoms with Crippen LogP contribution in [-0.2, 0) is 4.74 Å². The van der Waals surface area contributed by atoms with E-state index in [1.165, 1.54) is 6.92 Å². The molecule has 1 aliphatic rings. The van der Waals surface area contributed by atoms with Crippen LogP contribution in [-0.4, -0.2) is 52.5 Å². The molecule has 12 heavy (non-hydrogen) atoms. The predicted octanol–water partition coefficient (Wildman–Crippen LogP) is -1.17. The Morgan fingerprint density at radius 2 is 2.00 bits per heavy atom. The molecular formula is C7H13FO4. The second kappa shape index (κ2) is 3.66. The first-order valence-corrected chi connectivity index (χ1v) is 3.84. The van der Waals surface area contributed by atoms with Crippen molar-refractivity contribution < 1.29 is 24.4 Å². The summed E-state index contributed by atoms with van der Waals surface area (Å²) in [4.78, 5) is 0. The molecule has 0 radical (unpaired) electrons. The van der Waals surface area contributed by atoms with Crippen molar-refractivity contribution in [2.45, 2.75) is 37.5 Å². The van der Waals surface area contributed by atoms with Gasteiger partial charge < -0.3 is 20.1 Å². The van der Waals surface area contributed by atoms with Crippen molar-refractivity contribution in [1.29, 1.82) is 0 Å². The summed E-state index contributed by atoms with van der Waals surface area (Å²) in [5.41, 5.74) is 0. The second-order valence-corrected chi connectivity index (χ2v) is 2.99. The van der Waals surface area contributed by atoms with E-state index in [2.05, 4.69) is 0 Å². The van der Waals surface area contributed by atoms with Gasteiger partial charge in [-0.3, -0.25) is 0 Å². The van der Waals surface area contributed by atoms with Crippen molar-refractivity contribution in [3.05, 3.63) is 0 Å². The standard InChI is InChI=1S/C7H13FO4/c1-3-5(10)6(11)7(12-3)4(8)2-9/h3-7,9-11H,2H2,1H3/t3?,4-,5?,6+,7+/m0/s1. The van der Waals surface area contributed by atoms with Crippen LogP contribution >= 0.6 is 0 Å². The average Bonchev–Trinajstić information content (AvgIpc) is 2.32. The Balaban J connectivity index is 2.58. The minimum atomic E-state index is -1.64. The van der Waals surface area contributed by atoms with Crippen molar-refractivity contribution in [3.63, 3.8) is 0 Å². The van der Waals surface area contributed by atoms with Gasteiger partial charge in [0.2, 0.25) is 0 Å². The van der Waals surface area contributed by atoms with E-state index in [9.17, 15) is 9.50 Å². The third-order valence-corrected chi connectivity index (χ3v) is 2.07. The molecule has 0 aromatic carbocycles. The first kappa shape index (κ1) is 9.85. The maximum absolute atomic E-state index is 12.8. The minimum absolute atomic E-state index is 0.588. The van der Waals surface area contributed by atoms with Crippen LogP contribution in [0.5, 0.6) is 0 Å². The molecule has 5 heteroatoms. The molecular weight excluding hydrogens is 167 g/mol. The van der Waals surface area contributed by atoms with Gasteiger partial charge in [-0.2, -0.15) is 0 Å². The number of halogens is 1. The summed E-state index contributed by atoms with van der Waals surface area (Å²) in [5, 5.41) is 26.8. The lowest BCUT2D eigenvalue weighted by Gasteiger charge is -2.16. The van der Waals surface area contributed by atoms with E-state index in [0.717, 1.165) is 0 Å². The van der Waals surface area contributed by atoms with E-state index < -0.39 is 37.2 Å². The van der Waals surface area contributed by atoms with Gasteiger partial charge in [-0.05, 0) is 6.92 Å². The maximum atomic E-state index is 12.8. The first-order valence-electron chi connectivity index (χ1n) is 3.84. The van der Waals surface area contributed by atoms with E-state index >= 15 is 0 Å². The van der Waals surface area contributed by atoms with Crippen molar-refractivity contribution in [1.82, 2.24) is 0 Å². The molecule has 4 nitrogen and oxygen atoms in total. The van der Waals surface area contributed by atoms with Gasteiger partial charge in [0.05, 0.1) is 12.7 Å². The Kier molecular flexibility index (Phi) is 3.00. The van der Waals surface area contributed by atoms with E-state index in [0.29, 0.717) is 0 Å². The predicted molar refractivity (Wildman–Crippen MR) is 38.3 cm³/mol. The first-order chi connectivity index (χ1) is 5.57. The Labute approximate surface area is 69.6 Å². The molecule has 72 valence electrons. The quantitative estimate of drug-likeness (QED) is 0.500. The molecule has 0 amide bonds. The molecule has 2 unspecified atom stereocenters. The summed E-state index contributed by atoms with van der Waals surface area (Å²) in [6.07, 6.45) is -5.66. The molecule has 1 rings (SSSR count). The molecule has 5 atom stereocenters. The van der Waals surface area contributed by atoms with Crippen molar-refractivity contribution in [2.75, 3.05) is 6.61 Å². The van der Waals surface area contributed by atoms with Gasteiger partial charge in [-0.15, -0.1) is 0 Å². The molecule has 0 spiro atoms. The normalized spacial score (nSPS) is 44.8. The Morgan fingerprint density at radius 1 is 1.42 bits per heavy atom. The molecule has 1 heterocycles. The van der Waals surface area contributed by atoms with Crippen LogP contribution in [0.25, 0.3) is 0 Å². The lowest BCUT2D eigenvalue weighted by Crippen LogP contribution is -2.38. The van der Waals surface area contributed by atoms with Gasteiger partial charge in [0, 0.05) is 0 Å². The van der Waals surface area contributed by atoms with E-state index in [1.807, 2.05) is 0 Å². The third-order valence-electron chi connectivity index (χ3n) is 2.07. The van der Waals surface area contributed by atoms with E-state index in [4.69, 9.17) is 14.9 Å². The summed E-state index contributed by atoms with van der Waals surface area (Å²) in [5.74, 6) is 0. The molecule has 1 aliphatic heterocycles. The van der Waals surface area contributed by atoms with Crippen LogP contribution in [0, 0.1) is 0 Å². The highest BCUT2D eigenvalue weighted by Gasteiger charge is 2.44. The smallest absolute Gasteiger partial charge is 0.152 e. The van der Waals surface area contributed by atoms with Crippen LogP contribution in [0.2, 0.25) is 0 Å². The van der Waals surface area contributed by atoms with E-state index in [1.54, 1.807) is 0 Å². The SMILES string of the molecule is CC1O[C@H]([C@@H](F)CO)[C@H](O)C1O. The lowest BCUT2D eigenvalue weighted by atomic mass is 10.1. The van der Waals surface area contributed by atoms with Crippen LogP contribution in [0.15, 0.2) is 0 Å². The number of alkyl halides is 1. The van der Waals surface area contributed by atoms with Crippen molar-refractivity contribution in [2.24, 2.45) is 0 Å². The molecule has 0 saturated carbocycles. The summed E-state index contributed by atoms with van der Waals surface area (Å²) < 4.78 is 17.7. The summed E-state index contributed by atoms with van der Waals surface area (Å²) in [7, 11) is 0. The van der Waals surface area contributed by atoms with Gasteiger partial charge >= 0.3 is 0 Å². The largest absolute Gasteiger partial charge is 0.393 e. The molecule has 1 fully saturated rings. The monoisotopic (exact) mass is 180 g/mol. The molecule has 0 aromatic heterocycles. The number of aliphatic hydroxyl groups excluding tert-OH is 3. The van der Waals surface area contributed by atoms with Crippen LogP contribution in [0.3, 0.4) is 0 Å². The van der Waals surface area contributed by atoms with Crippen molar-refractivity contribution >= 4 is 0 Å². The minimum Gasteiger partial charge on any atom is -0.393 e. The van der Waals surface area contributed by atoms with Gasteiger partial charge in [0.15, 0.2) is 6.17 Å². The zero-order valence-corrected chi connectivity index (χ0v) is 6.72. The highest BCUT2D eigenvalue weighted by Crippen LogP contribution is 2.24. The Hall–Kier alpha value is -0.230. The highest BCUT2D eigenvalue weighted by molar-refractivity contribution is 4.92. The van der Waals surface area contributed by atoms with Crippen LogP contribution < -0.4 is 0 Å². The second-order valence-electron chi connectivity index (χ2n) is 2.99. The Bertz CT molecular complexity index is 154. The fourth-order valence-electron chi connectivity index (χ4n) is 1.28. The Morgan fingerprint density at radius 3 is 2.33 bits per heavy atom. The number of hydrogen-bond donors (Lipinski definition) is 3. The topological polar surface area (TPSA) is 69.9 Å². The number of hydrogen-bond acceptors (Lipinski definition) is 4. The average molecular weight is 180 g/mol. The molecule has 1 saturated heterocycles. The fourth-order valence-corrected chi connectivity index (χ4v) is 1.28. The zero-order chi connectivity index (χ0) is 9.30. The third kappa shape index (κ3) is 1.59. The van der Waals surface area contributed by atoms with Gasteiger partial charge in [0.1, 0.15) is 18.3 Å². The van der Waals surface area contributed by atoms with Crippen LogP contribution in [0.1, 0.15) is 6.92 Å². The fraction of sp³-hybridized carbons (Fsp3) is 1.00. The maximum Gasteiger partial charge on any atom is 0.152 e. The lowest BCUT2D eigenvalue weighted by molar-refractivity contribution is -0.0471. The van der Waals surface area contributed by atoms with E-state index in [-0.39, 0.29) is 0 Å². The number of rotatable bonds is 2. The summed E-state index contributed by atoms with van der Waals surface area (Å²) in [6.45, 7) is 0.832. The van der Waals surface area contributed by atoms with Gasteiger partial charge in [-0.1, -0.05) is 0 Å². The molecule has 0 aliphatic carbocycles. The summed E-state index contributed by atoms with van der Waals surface area (Å²) >= 11 is 0. The van der Waals surface area contributed by atoms with Gasteiger partial charge in [-0.25, -0.2) is 4.39 Å². The molecule has 0 aromatic rings. The summed E-state index contributed by atoms with van der Waals surface area (Å²) in [6, 6.07) is 0. The van der Waals surface area contributed by atoms with Crippen LogP contribution in [0.4, 0.5) is 4.39 Å². The zero-order valence-electron chi connectivity index (χ0n) is 6.72.